The normalized spacial score (nSPS) is 10.7. The molecule has 7 nitrogen and oxygen atoms in total. The molecule has 3 aromatic rings. The van der Waals surface area contributed by atoms with Gasteiger partial charge >= 0.3 is 0 Å². The Hall–Kier alpha value is -2.74. The highest BCUT2D eigenvalue weighted by atomic mass is 32.2. The van der Waals surface area contributed by atoms with E-state index in [-0.39, 0.29) is 10.6 Å². The van der Waals surface area contributed by atoms with E-state index in [1.807, 2.05) is 29.7 Å². The molecule has 122 valence electrons. The van der Waals surface area contributed by atoms with Crippen molar-refractivity contribution in [2.45, 2.75) is 24.4 Å². The van der Waals surface area contributed by atoms with Crippen molar-refractivity contribution in [3.8, 4) is 11.5 Å². The third-order valence-electron chi connectivity index (χ3n) is 3.47. The van der Waals surface area contributed by atoms with Gasteiger partial charge in [0.25, 0.3) is 5.69 Å². The summed E-state index contributed by atoms with van der Waals surface area (Å²) < 4.78 is 1.96. The molecule has 0 saturated heterocycles. The van der Waals surface area contributed by atoms with Crippen molar-refractivity contribution in [1.82, 2.24) is 19.7 Å². The molecule has 0 unspecified atom stereocenters. The molecule has 8 heteroatoms. The molecule has 0 spiro atoms. The van der Waals surface area contributed by atoms with Crippen LogP contribution in [0.5, 0.6) is 0 Å². The third-order valence-corrected chi connectivity index (χ3v) is 4.49. The van der Waals surface area contributed by atoms with Crippen LogP contribution in [0.4, 0.5) is 5.69 Å². The van der Waals surface area contributed by atoms with Crippen LogP contribution in [0.3, 0.4) is 0 Å². The summed E-state index contributed by atoms with van der Waals surface area (Å²) in [4.78, 5) is 15.0. The quantitative estimate of drug-likeness (QED) is 0.387. The summed E-state index contributed by atoms with van der Waals surface area (Å²) in [5.41, 5.74) is 1.54. The van der Waals surface area contributed by atoms with E-state index in [4.69, 9.17) is 0 Å². The minimum absolute atomic E-state index is 0.123. The molecule has 0 aliphatic rings. The summed E-state index contributed by atoms with van der Waals surface area (Å²) in [5, 5.41) is 20.3. The molecule has 0 N–H and O–H groups in total. The van der Waals surface area contributed by atoms with Crippen LogP contribution in [0.1, 0.15) is 12.5 Å². The number of pyridine rings is 1. The first kappa shape index (κ1) is 16.1. The lowest BCUT2D eigenvalue weighted by Crippen LogP contribution is -2.01. The summed E-state index contributed by atoms with van der Waals surface area (Å²) in [7, 11) is 0. The van der Waals surface area contributed by atoms with E-state index in [0.717, 1.165) is 10.9 Å². The van der Waals surface area contributed by atoms with Gasteiger partial charge in [-0.1, -0.05) is 36.0 Å². The number of hydrogen-bond acceptors (Lipinski definition) is 6. The van der Waals surface area contributed by atoms with Crippen LogP contribution in [0.2, 0.25) is 0 Å². The molecule has 0 radical (unpaired) electrons. The number of aromatic nitrogens is 4. The Morgan fingerprint density at radius 3 is 2.67 bits per heavy atom. The average Bonchev–Trinajstić information content (AvgIpc) is 3.03. The molecule has 2 heterocycles. The van der Waals surface area contributed by atoms with Gasteiger partial charge in [0.2, 0.25) is 0 Å². The van der Waals surface area contributed by atoms with Crippen molar-refractivity contribution < 1.29 is 4.92 Å². The van der Waals surface area contributed by atoms with Gasteiger partial charge in [-0.05, 0) is 19.1 Å². The Morgan fingerprint density at radius 2 is 1.96 bits per heavy atom. The minimum Gasteiger partial charge on any atom is -0.301 e. The summed E-state index contributed by atoms with van der Waals surface area (Å²) in [6.07, 6.45) is 1.71. The Morgan fingerprint density at radius 1 is 1.17 bits per heavy atom. The summed E-state index contributed by atoms with van der Waals surface area (Å²) in [5.74, 6) is 1.15. The van der Waals surface area contributed by atoms with E-state index in [1.54, 1.807) is 24.4 Å². The van der Waals surface area contributed by atoms with Gasteiger partial charge in [0.15, 0.2) is 11.0 Å². The first-order valence-electron chi connectivity index (χ1n) is 7.40. The molecule has 1 aromatic carbocycles. The number of thioether (sulfide) groups is 1. The highest BCUT2D eigenvalue weighted by Gasteiger charge is 2.17. The number of benzene rings is 1. The smallest absolute Gasteiger partial charge is 0.273 e. The number of para-hydroxylation sites is 1. The van der Waals surface area contributed by atoms with Crippen molar-refractivity contribution in [2.24, 2.45) is 0 Å². The van der Waals surface area contributed by atoms with Crippen molar-refractivity contribution in [2.75, 3.05) is 0 Å². The molecule has 2 aromatic heterocycles. The van der Waals surface area contributed by atoms with Crippen LogP contribution in [0.15, 0.2) is 53.8 Å². The SMILES string of the molecule is CCn1c(SCc2ccccc2[N+](=O)[O-])nnc1-c1ccccn1. The van der Waals surface area contributed by atoms with Gasteiger partial charge in [-0.15, -0.1) is 10.2 Å². The zero-order valence-corrected chi connectivity index (χ0v) is 13.8. The van der Waals surface area contributed by atoms with E-state index >= 15 is 0 Å². The number of nitrogens with zero attached hydrogens (tertiary/aromatic N) is 5. The Labute approximate surface area is 142 Å². The topological polar surface area (TPSA) is 86.7 Å². The minimum atomic E-state index is -0.361. The molecular weight excluding hydrogens is 326 g/mol. The van der Waals surface area contributed by atoms with E-state index in [0.29, 0.717) is 23.7 Å². The molecule has 0 amide bonds. The fourth-order valence-electron chi connectivity index (χ4n) is 2.32. The number of rotatable bonds is 6. The Kier molecular flexibility index (Phi) is 4.85. The fraction of sp³-hybridized carbons (Fsp3) is 0.188. The first-order valence-corrected chi connectivity index (χ1v) is 8.39. The molecular formula is C16H15N5O2S. The fourth-order valence-corrected chi connectivity index (χ4v) is 3.32. The van der Waals surface area contributed by atoms with Crippen LogP contribution in [-0.4, -0.2) is 24.7 Å². The van der Waals surface area contributed by atoms with Gasteiger partial charge in [-0.25, -0.2) is 0 Å². The molecule has 0 aliphatic heterocycles. The van der Waals surface area contributed by atoms with E-state index in [9.17, 15) is 10.1 Å². The van der Waals surface area contributed by atoms with E-state index in [1.165, 1.54) is 17.8 Å². The maximum Gasteiger partial charge on any atom is 0.273 e. The Balaban J connectivity index is 1.85. The maximum absolute atomic E-state index is 11.1. The van der Waals surface area contributed by atoms with E-state index in [2.05, 4.69) is 15.2 Å². The van der Waals surface area contributed by atoms with Gasteiger partial charge in [0.05, 0.1) is 4.92 Å². The molecule has 3 rings (SSSR count). The van der Waals surface area contributed by atoms with Gasteiger partial charge in [-0.2, -0.15) is 0 Å². The molecule has 0 bridgehead atoms. The van der Waals surface area contributed by atoms with Gasteiger partial charge in [0, 0.05) is 30.1 Å². The van der Waals surface area contributed by atoms with Crippen LogP contribution in [-0.2, 0) is 12.3 Å². The van der Waals surface area contributed by atoms with Crippen molar-refractivity contribution >= 4 is 17.4 Å². The Bertz CT molecular complexity index is 851. The second-order valence-corrected chi connectivity index (χ2v) is 5.88. The van der Waals surface area contributed by atoms with Gasteiger partial charge in [0.1, 0.15) is 5.69 Å². The monoisotopic (exact) mass is 341 g/mol. The number of hydrogen-bond donors (Lipinski definition) is 0. The predicted octanol–water partition coefficient (Wildman–Crippen LogP) is 3.56. The molecule has 0 saturated carbocycles. The molecule has 0 aliphatic carbocycles. The highest BCUT2D eigenvalue weighted by Crippen LogP contribution is 2.28. The second-order valence-electron chi connectivity index (χ2n) is 4.94. The van der Waals surface area contributed by atoms with Gasteiger partial charge in [-0.3, -0.25) is 15.1 Å². The van der Waals surface area contributed by atoms with Crippen molar-refractivity contribution in [1.29, 1.82) is 0 Å². The summed E-state index contributed by atoms with van der Waals surface area (Å²) >= 11 is 1.43. The molecule has 0 fully saturated rings. The zero-order chi connectivity index (χ0) is 16.9. The lowest BCUT2D eigenvalue weighted by Gasteiger charge is -2.07. The van der Waals surface area contributed by atoms with Crippen LogP contribution < -0.4 is 0 Å². The van der Waals surface area contributed by atoms with Crippen LogP contribution in [0.25, 0.3) is 11.5 Å². The third kappa shape index (κ3) is 3.28. The highest BCUT2D eigenvalue weighted by molar-refractivity contribution is 7.98. The lowest BCUT2D eigenvalue weighted by molar-refractivity contribution is -0.385. The maximum atomic E-state index is 11.1. The number of nitro benzene ring substituents is 1. The first-order chi connectivity index (χ1) is 11.7. The zero-order valence-electron chi connectivity index (χ0n) is 13.0. The van der Waals surface area contributed by atoms with Crippen LogP contribution >= 0.6 is 11.8 Å². The summed E-state index contributed by atoms with van der Waals surface area (Å²) in [6.45, 7) is 2.70. The summed E-state index contributed by atoms with van der Waals surface area (Å²) in [6, 6.07) is 12.4. The standard InChI is InChI=1S/C16H15N5O2S/c1-2-20-15(13-8-5-6-10-17-13)18-19-16(20)24-11-12-7-3-4-9-14(12)21(22)23/h3-10H,2,11H2,1H3. The van der Waals surface area contributed by atoms with E-state index < -0.39 is 0 Å². The number of nitro groups is 1. The van der Waals surface area contributed by atoms with Crippen LogP contribution in [0, 0.1) is 10.1 Å². The lowest BCUT2D eigenvalue weighted by atomic mass is 10.2. The van der Waals surface area contributed by atoms with Crippen molar-refractivity contribution in [3.05, 3.63) is 64.3 Å². The average molecular weight is 341 g/mol. The molecule has 24 heavy (non-hydrogen) atoms. The second kappa shape index (κ2) is 7.22. The van der Waals surface area contributed by atoms with Crippen molar-refractivity contribution in [3.63, 3.8) is 0 Å². The molecule has 0 atom stereocenters. The van der Waals surface area contributed by atoms with Gasteiger partial charge < -0.3 is 4.57 Å². The largest absolute Gasteiger partial charge is 0.301 e. The predicted molar refractivity (Wildman–Crippen MR) is 91.6 cm³/mol.